The number of nitrogens with one attached hydrogen (secondary N) is 1. The Morgan fingerprint density at radius 1 is 1.40 bits per heavy atom. The molecule has 0 aliphatic carbocycles. The van der Waals surface area contributed by atoms with Gasteiger partial charge in [-0.2, -0.15) is 5.10 Å². The highest BCUT2D eigenvalue weighted by Gasteiger charge is 2.11. The second-order valence-electron chi connectivity index (χ2n) is 4.29. The molecular weight excluding hydrogens is 292 g/mol. The van der Waals surface area contributed by atoms with E-state index in [2.05, 4.69) is 32.3 Å². The number of aryl methyl sites for hydroxylation is 1. The number of aromatic nitrogens is 5. The molecule has 1 N–H and O–H groups in total. The number of hydrogen-bond donors (Lipinski definition) is 1. The minimum Gasteiger partial charge on any atom is -0.365 e. The van der Waals surface area contributed by atoms with Crippen LogP contribution in [0.2, 0.25) is 0 Å². The van der Waals surface area contributed by atoms with E-state index in [1.54, 1.807) is 29.4 Å². The lowest BCUT2D eigenvalue weighted by molar-refractivity contribution is 0.738. The van der Waals surface area contributed by atoms with Crippen molar-refractivity contribution in [1.29, 1.82) is 0 Å². The smallest absolute Gasteiger partial charge is 0.176 e. The number of thioether (sulfide) groups is 1. The minimum atomic E-state index is 0.693. The van der Waals surface area contributed by atoms with Crippen molar-refractivity contribution in [2.24, 2.45) is 7.05 Å². The van der Waals surface area contributed by atoms with E-state index in [0.717, 1.165) is 31.8 Å². The molecule has 104 valence electrons. The van der Waals surface area contributed by atoms with Gasteiger partial charge in [0.15, 0.2) is 9.99 Å². The SMILES string of the molecule is CSc1nc2ncnc(NCc3cnn(C)c3C)c2s1. The van der Waals surface area contributed by atoms with E-state index in [0.29, 0.717) is 6.54 Å². The number of nitrogens with zero attached hydrogens (tertiary/aromatic N) is 5. The molecule has 3 heterocycles. The topological polar surface area (TPSA) is 68.5 Å². The van der Waals surface area contributed by atoms with Gasteiger partial charge in [0.05, 0.1) is 6.20 Å². The summed E-state index contributed by atoms with van der Waals surface area (Å²) < 4.78 is 3.87. The summed E-state index contributed by atoms with van der Waals surface area (Å²) in [6, 6.07) is 0. The van der Waals surface area contributed by atoms with Crippen LogP contribution in [-0.2, 0) is 13.6 Å². The van der Waals surface area contributed by atoms with Gasteiger partial charge in [0, 0.05) is 24.8 Å². The van der Waals surface area contributed by atoms with E-state index in [1.807, 2.05) is 24.2 Å². The molecular formula is C12H14N6S2. The van der Waals surface area contributed by atoms with E-state index in [4.69, 9.17) is 0 Å². The molecule has 0 unspecified atom stereocenters. The molecule has 0 spiro atoms. The lowest BCUT2D eigenvalue weighted by atomic mass is 10.2. The van der Waals surface area contributed by atoms with E-state index >= 15 is 0 Å². The Labute approximate surface area is 124 Å². The first kappa shape index (κ1) is 13.3. The average molecular weight is 306 g/mol. The fourth-order valence-electron chi connectivity index (χ4n) is 1.84. The van der Waals surface area contributed by atoms with Gasteiger partial charge >= 0.3 is 0 Å². The van der Waals surface area contributed by atoms with Crippen LogP contribution in [0, 0.1) is 6.92 Å². The number of rotatable bonds is 4. The predicted molar refractivity (Wildman–Crippen MR) is 82.3 cm³/mol. The van der Waals surface area contributed by atoms with Gasteiger partial charge in [-0.25, -0.2) is 15.0 Å². The summed E-state index contributed by atoms with van der Waals surface area (Å²) >= 11 is 3.23. The molecule has 0 radical (unpaired) electrons. The average Bonchev–Trinajstić information content (AvgIpc) is 3.02. The third-order valence-corrected chi connectivity index (χ3v) is 5.17. The summed E-state index contributed by atoms with van der Waals surface area (Å²) in [6.07, 6.45) is 5.43. The molecule has 0 fully saturated rings. The molecule has 0 saturated carbocycles. The molecule has 0 amide bonds. The first-order chi connectivity index (χ1) is 9.69. The number of fused-ring (bicyclic) bond motifs is 1. The highest BCUT2D eigenvalue weighted by Crippen LogP contribution is 2.31. The Morgan fingerprint density at radius 2 is 2.25 bits per heavy atom. The van der Waals surface area contributed by atoms with Gasteiger partial charge in [-0.05, 0) is 13.2 Å². The van der Waals surface area contributed by atoms with Crippen molar-refractivity contribution in [3.05, 3.63) is 23.8 Å². The van der Waals surface area contributed by atoms with E-state index < -0.39 is 0 Å². The van der Waals surface area contributed by atoms with E-state index in [-0.39, 0.29) is 0 Å². The maximum atomic E-state index is 4.44. The first-order valence-electron chi connectivity index (χ1n) is 6.06. The van der Waals surface area contributed by atoms with Gasteiger partial charge < -0.3 is 5.32 Å². The Bertz CT molecular complexity index is 748. The Hall–Kier alpha value is -1.67. The van der Waals surface area contributed by atoms with Crippen LogP contribution >= 0.6 is 23.1 Å². The second-order valence-corrected chi connectivity index (χ2v) is 6.34. The zero-order valence-corrected chi connectivity index (χ0v) is 13.0. The molecule has 0 bridgehead atoms. The number of anilines is 1. The third kappa shape index (κ3) is 2.36. The highest BCUT2D eigenvalue weighted by atomic mass is 32.2. The maximum absolute atomic E-state index is 4.44. The molecule has 0 saturated heterocycles. The van der Waals surface area contributed by atoms with Gasteiger partial charge in [0.2, 0.25) is 0 Å². The normalized spacial score (nSPS) is 11.2. The van der Waals surface area contributed by atoms with Crippen LogP contribution in [0.1, 0.15) is 11.3 Å². The van der Waals surface area contributed by atoms with Gasteiger partial charge in [0.1, 0.15) is 16.8 Å². The van der Waals surface area contributed by atoms with Crippen LogP contribution in [0.25, 0.3) is 10.3 Å². The Morgan fingerprint density at radius 3 is 2.95 bits per heavy atom. The number of hydrogen-bond acceptors (Lipinski definition) is 7. The molecule has 3 aromatic heterocycles. The second kappa shape index (κ2) is 5.37. The van der Waals surface area contributed by atoms with Crippen LogP contribution in [0.15, 0.2) is 16.9 Å². The molecule has 0 aliphatic heterocycles. The van der Waals surface area contributed by atoms with Gasteiger partial charge in [0.25, 0.3) is 0 Å². The van der Waals surface area contributed by atoms with Crippen molar-refractivity contribution in [3.63, 3.8) is 0 Å². The third-order valence-electron chi connectivity index (χ3n) is 3.13. The minimum absolute atomic E-state index is 0.693. The Balaban J connectivity index is 1.87. The number of thiazole rings is 1. The fourth-order valence-corrected chi connectivity index (χ4v) is 3.32. The molecule has 3 rings (SSSR count). The molecule has 0 aliphatic rings. The molecule has 8 heteroatoms. The lowest BCUT2D eigenvalue weighted by Gasteiger charge is -2.05. The molecule has 0 aromatic carbocycles. The largest absolute Gasteiger partial charge is 0.365 e. The van der Waals surface area contributed by atoms with Crippen LogP contribution in [0.4, 0.5) is 5.82 Å². The molecule has 20 heavy (non-hydrogen) atoms. The summed E-state index contributed by atoms with van der Waals surface area (Å²) in [5, 5.41) is 7.59. The van der Waals surface area contributed by atoms with Gasteiger partial charge in [-0.15, -0.1) is 11.3 Å². The molecule has 0 atom stereocenters. The summed E-state index contributed by atoms with van der Waals surface area (Å²) in [5.74, 6) is 0.830. The summed E-state index contributed by atoms with van der Waals surface area (Å²) in [5.41, 5.74) is 3.06. The summed E-state index contributed by atoms with van der Waals surface area (Å²) in [4.78, 5) is 13.0. The van der Waals surface area contributed by atoms with Crippen molar-refractivity contribution >= 4 is 39.3 Å². The van der Waals surface area contributed by atoms with Crippen molar-refractivity contribution in [2.45, 2.75) is 17.8 Å². The quantitative estimate of drug-likeness (QED) is 0.747. The van der Waals surface area contributed by atoms with Crippen LogP contribution < -0.4 is 5.32 Å². The zero-order valence-electron chi connectivity index (χ0n) is 11.4. The van der Waals surface area contributed by atoms with Crippen molar-refractivity contribution in [2.75, 3.05) is 11.6 Å². The first-order valence-corrected chi connectivity index (χ1v) is 8.10. The predicted octanol–water partition coefficient (Wildman–Crippen LogP) is 2.46. The van der Waals surface area contributed by atoms with Gasteiger partial charge in [-0.1, -0.05) is 11.8 Å². The Kier molecular flexibility index (Phi) is 3.58. The zero-order chi connectivity index (χ0) is 14.1. The summed E-state index contributed by atoms with van der Waals surface area (Å²) in [6.45, 7) is 2.75. The van der Waals surface area contributed by atoms with Crippen LogP contribution in [0.5, 0.6) is 0 Å². The fraction of sp³-hybridized carbons (Fsp3) is 0.333. The van der Waals surface area contributed by atoms with Crippen LogP contribution in [0.3, 0.4) is 0 Å². The monoisotopic (exact) mass is 306 g/mol. The summed E-state index contributed by atoms with van der Waals surface area (Å²) in [7, 11) is 1.94. The molecule has 6 nitrogen and oxygen atoms in total. The lowest BCUT2D eigenvalue weighted by Crippen LogP contribution is -2.03. The van der Waals surface area contributed by atoms with Crippen molar-refractivity contribution in [3.8, 4) is 0 Å². The maximum Gasteiger partial charge on any atom is 0.176 e. The van der Waals surface area contributed by atoms with Crippen molar-refractivity contribution in [1.82, 2.24) is 24.7 Å². The standard InChI is InChI=1S/C12H14N6S2/c1-7-8(5-16-18(7)2)4-13-10-9-11(15-6-14-10)17-12(19-3)20-9/h5-6H,4H2,1-3H3,(H,13,14,15). The van der Waals surface area contributed by atoms with E-state index in [1.165, 1.54) is 0 Å². The van der Waals surface area contributed by atoms with Crippen LogP contribution in [-0.4, -0.2) is 31.0 Å². The van der Waals surface area contributed by atoms with Crippen molar-refractivity contribution < 1.29 is 0 Å². The molecule has 3 aromatic rings. The van der Waals surface area contributed by atoms with Gasteiger partial charge in [-0.3, -0.25) is 4.68 Å². The highest BCUT2D eigenvalue weighted by molar-refractivity contribution is 8.00. The van der Waals surface area contributed by atoms with E-state index in [9.17, 15) is 0 Å².